The highest BCUT2D eigenvalue weighted by Crippen LogP contribution is 2.21. The lowest BCUT2D eigenvalue weighted by Crippen LogP contribution is -2.46. The number of piperidine rings is 1. The Kier molecular flexibility index (Phi) is 6.11. The van der Waals surface area contributed by atoms with E-state index in [1.54, 1.807) is 0 Å². The molecule has 0 bridgehead atoms. The van der Waals surface area contributed by atoms with Crippen LogP contribution in [0.25, 0.3) is 0 Å². The molecule has 0 aromatic carbocycles. The van der Waals surface area contributed by atoms with Gasteiger partial charge in [0.1, 0.15) is 6.10 Å². The molecule has 1 saturated carbocycles. The molecule has 1 amide bonds. The fraction of sp³-hybridized carbons (Fsp3) is 0.933. The van der Waals surface area contributed by atoms with E-state index in [1.807, 2.05) is 6.92 Å². The second-order valence-corrected chi connectivity index (χ2v) is 5.92. The first kappa shape index (κ1) is 14.8. The highest BCUT2D eigenvalue weighted by Gasteiger charge is 2.23. The quantitative estimate of drug-likeness (QED) is 0.767. The monoisotopic (exact) mass is 268 g/mol. The Balaban J connectivity index is 1.71. The zero-order valence-electron chi connectivity index (χ0n) is 12.1. The van der Waals surface area contributed by atoms with Gasteiger partial charge in [-0.25, -0.2) is 0 Å². The molecule has 1 saturated heterocycles. The third-order valence-corrected chi connectivity index (χ3v) is 4.25. The second kappa shape index (κ2) is 7.85. The molecule has 0 radical (unpaired) electrons. The summed E-state index contributed by atoms with van der Waals surface area (Å²) >= 11 is 0. The Hall–Kier alpha value is -0.610. The maximum atomic E-state index is 12.1. The van der Waals surface area contributed by atoms with Crippen LogP contribution in [-0.4, -0.2) is 37.2 Å². The summed E-state index contributed by atoms with van der Waals surface area (Å²) in [7, 11) is 0. The number of hydrogen-bond acceptors (Lipinski definition) is 3. The van der Waals surface area contributed by atoms with Gasteiger partial charge in [-0.05, 0) is 45.7 Å². The van der Waals surface area contributed by atoms with Gasteiger partial charge in [-0.15, -0.1) is 0 Å². The molecule has 0 aromatic heterocycles. The normalized spacial score (nSPS) is 24.7. The lowest BCUT2D eigenvalue weighted by molar-refractivity contribution is -0.136. The minimum atomic E-state index is -0.307. The van der Waals surface area contributed by atoms with Crippen LogP contribution < -0.4 is 10.6 Å². The maximum Gasteiger partial charge on any atom is 0.249 e. The van der Waals surface area contributed by atoms with Gasteiger partial charge >= 0.3 is 0 Å². The standard InChI is InChI=1S/C15H28N2O2/c1-12(19-14-6-4-2-3-5-7-14)15(18)17-13-8-10-16-11-9-13/h12-14,16H,2-11H2,1H3,(H,17,18). The van der Waals surface area contributed by atoms with Crippen LogP contribution in [-0.2, 0) is 9.53 Å². The van der Waals surface area contributed by atoms with E-state index in [2.05, 4.69) is 10.6 Å². The van der Waals surface area contributed by atoms with E-state index in [0.717, 1.165) is 38.8 Å². The molecule has 4 nitrogen and oxygen atoms in total. The first-order chi connectivity index (χ1) is 9.25. The fourth-order valence-electron chi connectivity index (χ4n) is 3.01. The van der Waals surface area contributed by atoms with Crippen molar-refractivity contribution < 1.29 is 9.53 Å². The van der Waals surface area contributed by atoms with Gasteiger partial charge in [0.25, 0.3) is 0 Å². The van der Waals surface area contributed by atoms with Crippen LogP contribution >= 0.6 is 0 Å². The Morgan fingerprint density at radius 2 is 1.74 bits per heavy atom. The highest BCUT2D eigenvalue weighted by molar-refractivity contribution is 5.80. The van der Waals surface area contributed by atoms with Gasteiger partial charge in [-0.1, -0.05) is 25.7 Å². The smallest absolute Gasteiger partial charge is 0.249 e. The number of nitrogens with one attached hydrogen (secondary N) is 2. The SMILES string of the molecule is CC(OC1CCCCCC1)C(=O)NC1CCNCC1. The molecule has 1 atom stereocenters. The molecule has 19 heavy (non-hydrogen) atoms. The average Bonchev–Trinajstić information content (AvgIpc) is 2.68. The lowest BCUT2D eigenvalue weighted by atomic mass is 10.1. The molecular formula is C15H28N2O2. The Morgan fingerprint density at radius 3 is 2.37 bits per heavy atom. The van der Waals surface area contributed by atoms with Gasteiger partial charge in [-0.2, -0.15) is 0 Å². The maximum absolute atomic E-state index is 12.1. The van der Waals surface area contributed by atoms with Crippen LogP contribution in [0, 0.1) is 0 Å². The Labute approximate surface area is 116 Å². The van der Waals surface area contributed by atoms with Crippen molar-refractivity contribution in [2.24, 2.45) is 0 Å². The predicted octanol–water partition coefficient (Wildman–Crippen LogP) is 1.98. The molecule has 110 valence electrons. The minimum absolute atomic E-state index is 0.0659. The van der Waals surface area contributed by atoms with Crippen molar-refractivity contribution in [1.82, 2.24) is 10.6 Å². The average molecular weight is 268 g/mol. The summed E-state index contributed by atoms with van der Waals surface area (Å²) in [5.74, 6) is 0.0659. The van der Waals surface area contributed by atoms with Crippen LogP contribution in [0.3, 0.4) is 0 Å². The van der Waals surface area contributed by atoms with Crippen molar-refractivity contribution in [3.05, 3.63) is 0 Å². The van der Waals surface area contributed by atoms with Crippen molar-refractivity contribution in [2.45, 2.75) is 76.5 Å². The van der Waals surface area contributed by atoms with Crippen LogP contribution in [0.5, 0.6) is 0 Å². The van der Waals surface area contributed by atoms with E-state index in [4.69, 9.17) is 4.74 Å². The fourth-order valence-corrected chi connectivity index (χ4v) is 3.01. The highest BCUT2D eigenvalue weighted by atomic mass is 16.5. The minimum Gasteiger partial charge on any atom is -0.365 e. The van der Waals surface area contributed by atoms with Gasteiger partial charge in [0.05, 0.1) is 6.10 Å². The number of rotatable bonds is 4. The molecule has 0 spiro atoms. The summed E-state index contributed by atoms with van der Waals surface area (Å²) < 4.78 is 5.95. The van der Waals surface area contributed by atoms with Crippen LogP contribution in [0.1, 0.15) is 58.3 Å². The largest absolute Gasteiger partial charge is 0.365 e. The van der Waals surface area contributed by atoms with E-state index >= 15 is 0 Å². The van der Waals surface area contributed by atoms with E-state index in [1.165, 1.54) is 25.7 Å². The summed E-state index contributed by atoms with van der Waals surface area (Å²) in [6.07, 6.45) is 9.39. The summed E-state index contributed by atoms with van der Waals surface area (Å²) in [6, 6.07) is 0.328. The van der Waals surface area contributed by atoms with E-state index < -0.39 is 0 Å². The Morgan fingerprint density at radius 1 is 1.11 bits per heavy atom. The molecule has 1 aliphatic carbocycles. The first-order valence-corrected chi connectivity index (χ1v) is 7.92. The first-order valence-electron chi connectivity index (χ1n) is 7.92. The molecule has 1 heterocycles. The molecule has 0 aromatic rings. The molecule has 2 aliphatic rings. The molecule has 4 heteroatoms. The van der Waals surface area contributed by atoms with Crippen LogP contribution in [0.15, 0.2) is 0 Å². The van der Waals surface area contributed by atoms with Gasteiger partial charge < -0.3 is 15.4 Å². The van der Waals surface area contributed by atoms with E-state index in [0.29, 0.717) is 6.04 Å². The molecule has 2 fully saturated rings. The lowest BCUT2D eigenvalue weighted by Gasteiger charge is -2.26. The van der Waals surface area contributed by atoms with Crippen molar-refractivity contribution in [3.8, 4) is 0 Å². The predicted molar refractivity (Wildman–Crippen MR) is 76.1 cm³/mol. The molecular weight excluding hydrogens is 240 g/mol. The van der Waals surface area contributed by atoms with Gasteiger partial charge in [-0.3, -0.25) is 4.79 Å². The molecule has 2 rings (SSSR count). The van der Waals surface area contributed by atoms with Crippen molar-refractivity contribution in [3.63, 3.8) is 0 Å². The molecule has 1 aliphatic heterocycles. The molecule has 1 unspecified atom stereocenters. The zero-order valence-corrected chi connectivity index (χ0v) is 12.1. The molecule has 2 N–H and O–H groups in total. The second-order valence-electron chi connectivity index (χ2n) is 5.92. The topological polar surface area (TPSA) is 50.4 Å². The van der Waals surface area contributed by atoms with E-state index in [9.17, 15) is 4.79 Å². The number of ether oxygens (including phenoxy) is 1. The van der Waals surface area contributed by atoms with E-state index in [-0.39, 0.29) is 18.1 Å². The van der Waals surface area contributed by atoms with Crippen molar-refractivity contribution in [1.29, 1.82) is 0 Å². The van der Waals surface area contributed by atoms with Crippen molar-refractivity contribution in [2.75, 3.05) is 13.1 Å². The van der Waals surface area contributed by atoms with Gasteiger partial charge in [0.2, 0.25) is 5.91 Å². The van der Waals surface area contributed by atoms with Gasteiger partial charge in [0, 0.05) is 6.04 Å². The third kappa shape index (κ3) is 5.11. The van der Waals surface area contributed by atoms with Gasteiger partial charge in [0.15, 0.2) is 0 Å². The van der Waals surface area contributed by atoms with Crippen LogP contribution in [0.4, 0.5) is 0 Å². The summed E-state index contributed by atoms with van der Waals surface area (Å²) in [5, 5.41) is 6.43. The Bertz CT molecular complexity index is 269. The number of carbonyl (C=O) groups is 1. The van der Waals surface area contributed by atoms with Crippen LogP contribution in [0.2, 0.25) is 0 Å². The summed E-state index contributed by atoms with van der Waals surface area (Å²) in [4.78, 5) is 12.1. The summed E-state index contributed by atoms with van der Waals surface area (Å²) in [6.45, 7) is 3.90. The number of carbonyl (C=O) groups excluding carboxylic acids is 1. The zero-order chi connectivity index (χ0) is 13.5. The number of amides is 1. The third-order valence-electron chi connectivity index (χ3n) is 4.25. The van der Waals surface area contributed by atoms with Crippen molar-refractivity contribution >= 4 is 5.91 Å². The summed E-state index contributed by atoms with van der Waals surface area (Å²) in [5.41, 5.74) is 0. The number of hydrogen-bond donors (Lipinski definition) is 2.